The zero-order chi connectivity index (χ0) is 14.8. The molecular formula is C13H15NO5S. The molecule has 0 aliphatic carbocycles. The van der Waals surface area contributed by atoms with Crippen LogP contribution in [0, 0.1) is 0 Å². The van der Waals surface area contributed by atoms with E-state index in [4.69, 9.17) is 5.11 Å². The van der Waals surface area contributed by atoms with E-state index in [1.165, 1.54) is 24.3 Å². The predicted molar refractivity (Wildman–Crippen MR) is 72.5 cm³/mol. The molecule has 1 aromatic rings. The number of rotatable bonds is 3. The van der Waals surface area contributed by atoms with E-state index >= 15 is 0 Å². The van der Waals surface area contributed by atoms with Gasteiger partial charge in [-0.25, -0.2) is 13.2 Å². The predicted octanol–water partition coefficient (Wildman–Crippen LogP) is 0.692. The summed E-state index contributed by atoms with van der Waals surface area (Å²) in [6, 6.07) is 5.14. The minimum absolute atomic E-state index is 0.0358. The Balaban J connectivity index is 2.03. The molecule has 108 valence electrons. The third kappa shape index (κ3) is 3.57. The lowest BCUT2D eigenvalue weighted by molar-refractivity contribution is 0.0696. The third-order valence-electron chi connectivity index (χ3n) is 3.19. The van der Waals surface area contributed by atoms with Gasteiger partial charge in [0, 0.05) is 11.6 Å². The molecule has 0 spiro atoms. The van der Waals surface area contributed by atoms with Crippen molar-refractivity contribution in [1.29, 1.82) is 0 Å². The van der Waals surface area contributed by atoms with Crippen LogP contribution in [0.2, 0.25) is 0 Å². The molecule has 1 saturated heterocycles. The Hall–Kier alpha value is -1.89. The van der Waals surface area contributed by atoms with Gasteiger partial charge in [-0.05, 0) is 37.1 Å². The van der Waals surface area contributed by atoms with Crippen LogP contribution in [0.5, 0.6) is 0 Å². The summed E-state index contributed by atoms with van der Waals surface area (Å²) < 4.78 is 23.0. The largest absolute Gasteiger partial charge is 0.478 e. The van der Waals surface area contributed by atoms with E-state index < -0.39 is 15.8 Å². The fourth-order valence-electron chi connectivity index (χ4n) is 2.17. The van der Waals surface area contributed by atoms with Crippen molar-refractivity contribution >= 4 is 21.7 Å². The van der Waals surface area contributed by atoms with Gasteiger partial charge >= 0.3 is 5.97 Å². The molecule has 2 rings (SSSR count). The number of hydrogen-bond acceptors (Lipinski definition) is 4. The standard InChI is InChI=1S/C13H15NO5S/c15-12(9-3-5-10(6-4-9)13(16)17)14-11-2-1-7-20(18,19)8-11/h3-6,11H,1-2,7-8H2,(H,14,15)(H,16,17). The van der Waals surface area contributed by atoms with E-state index in [1.54, 1.807) is 0 Å². The van der Waals surface area contributed by atoms with Crippen molar-refractivity contribution < 1.29 is 23.1 Å². The molecule has 1 unspecified atom stereocenters. The number of nitrogens with one attached hydrogen (secondary N) is 1. The van der Waals surface area contributed by atoms with Crippen molar-refractivity contribution in [2.75, 3.05) is 11.5 Å². The van der Waals surface area contributed by atoms with Crippen LogP contribution in [0.3, 0.4) is 0 Å². The average Bonchev–Trinajstić information content (AvgIpc) is 2.37. The monoisotopic (exact) mass is 297 g/mol. The lowest BCUT2D eigenvalue weighted by Gasteiger charge is -2.23. The van der Waals surface area contributed by atoms with Crippen molar-refractivity contribution in [2.24, 2.45) is 0 Å². The van der Waals surface area contributed by atoms with Gasteiger partial charge in [0.25, 0.3) is 5.91 Å². The van der Waals surface area contributed by atoms with Gasteiger partial charge in [0.15, 0.2) is 9.84 Å². The van der Waals surface area contributed by atoms with Crippen LogP contribution in [-0.2, 0) is 9.84 Å². The van der Waals surface area contributed by atoms with Crippen LogP contribution in [0.1, 0.15) is 33.6 Å². The molecular weight excluding hydrogens is 282 g/mol. The first-order valence-corrected chi connectivity index (χ1v) is 8.04. The van der Waals surface area contributed by atoms with E-state index in [0.29, 0.717) is 18.4 Å². The van der Waals surface area contributed by atoms with E-state index in [-0.39, 0.29) is 29.0 Å². The van der Waals surface area contributed by atoms with Gasteiger partial charge in [0.1, 0.15) is 0 Å². The van der Waals surface area contributed by atoms with Gasteiger partial charge in [0.05, 0.1) is 17.1 Å². The molecule has 20 heavy (non-hydrogen) atoms. The minimum Gasteiger partial charge on any atom is -0.478 e. The zero-order valence-corrected chi connectivity index (χ0v) is 11.5. The number of sulfone groups is 1. The Morgan fingerprint density at radius 2 is 1.75 bits per heavy atom. The van der Waals surface area contributed by atoms with Crippen molar-refractivity contribution in [1.82, 2.24) is 5.32 Å². The average molecular weight is 297 g/mol. The molecule has 0 bridgehead atoms. The van der Waals surface area contributed by atoms with E-state index in [2.05, 4.69) is 5.32 Å². The van der Waals surface area contributed by atoms with E-state index in [1.807, 2.05) is 0 Å². The summed E-state index contributed by atoms with van der Waals surface area (Å²) in [4.78, 5) is 22.7. The summed E-state index contributed by atoms with van der Waals surface area (Å²) in [5.74, 6) is -1.31. The Labute approximate surface area is 116 Å². The normalized spacial score (nSPS) is 21.1. The quantitative estimate of drug-likeness (QED) is 0.855. The highest BCUT2D eigenvalue weighted by molar-refractivity contribution is 7.91. The Kier molecular flexibility index (Phi) is 4.08. The lowest BCUT2D eigenvalue weighted by atomic mass is 10.1. The fourth-order valence-corrected chi connectivity index (χ4v) is 3.81. The zero-order valence-electron chi connectivity index (χ0n) is 10.7. The fraction of sp³-hybridized carbons (Fsp3) is 0.385. The molecule has 1 atom stereocenters. The van der Waals surface area contributed by atoms with Gasteiger partial charge < -0.3 is 10.4 Å². The van der Waals surface area contributed by atoms with Crippen LogP contribution in [-0.4, -0.2) is 42.9 Å². The maximum Gasteiger partial charge on any atom is 0.335 e. The maximum atomic E-state index is 12.0. The molecule has 1 fully saturated rings. The molecule has 1 aliphatic rings. The highest BCUT2D eigenvalue weighted by Gasteiger charge is 2.26. The number of aromatic carboxylic acids is 1. The van der Waals surface area contributed by atoms with Crippen LogP contribution in [0.25, 0.3) is 0 Å². The summed E-state index contributed by atoms with van der Waals surface area (Å²) in [6.07, 6.45) is 1.18. The van der Waals surface area contributed by atoms with Gasteiger partial charge in [-0.15, -0.1) is 0 Å². The number of amides is 1. The first kappa shape index (κ1) is 14.5. The lowest BCUT2D eigenvalue weighted by Crippen LogP contribution is -2.43. The molecule has 0 aromatic heterocycles. The highest BCUT2D eigenvalue weighted by atomic mass is 32.2. The molecule has 2 N–H and O–H groups in total. The molecule has 1 aromatic carbocycles. The summed E-state index contributed by atoms with van der Waals surface area (Å²) in [6.45, 7) is 0. The molecule has 1 amide bonds. The number of carbonyl (C=O) groups excluding carboxylic acids is 1. The van der Waals surface area contributed by atoms with Crippen molar-refractivity contribution in [3.63, 3.8) is 0 Å². The highest BCUT2D eigenvalue weighted by Crippen LogP contribution is 2.13. The number of carbonyl (C=O) groups is 2. The second kappa shape index (κ2) is 5.62. The van der Waals surface area contributed by atoms with Gasteiger partial charge in [-0.3, -0.25) is 4.79 Å². The van der Waals surface area contributed by atoms with Crippen LogP contribution in [0.15, 0.2) is 24.3 Å². The van der Waals surface area contributed by atoms with E-state index in [9.17, 15) is 18.0 Å². The number of hydrogen-bond donors (Lipinski definition) is 2. The first-order valence-electron chi connectivity index (χ1n) is 6.22. The minimum atomic E-state index is -3.07. The summed E-state index contributed by atoms with van der Waals surface area (Å²) in [7, 11) is -3.07. The molecule has 7 heteroatoms. The van der Waals surface area contributed by atoms with Crippen LogP contribution >= 0.6 is 0 Å². The van der Waals surface area contributed by atoms with Crippen molar-refractivity contribution in [3.8, 4) is 0 Å². The second-order valence-corrected chi connectivity index (χ2v) is 7.04. The Morgan fingerprint density at radius 3 is 2.30 bits per heavy atom. The van der Waals surface area contributed by atoms with Crippen LogP contribution < -0.4 is 5.32 Å². The SMILES string of the molecule is O=C(O)c1ccc(C(=O)NC2CCCS(=O)(=O)C2)cc1. The molecule has 0 radical (unpaired) electrons. The molecule has 0 saturated carbocycles. The summed E-state index contributed by atoms with van der Waals surface area (Å²) >= 11 is 0. The van der Waals surface area contributed by atoms with Crippen LogP contribution in [0.4, 0.5) is 0 Å². The van der Waals surface area contributed by atoms with Gasteiger partial charge in [0.2, 0.25) is 0 Å². The molecule has 6 nitrogen and oxygen atoms in total. The summed E-state index contributed by atoms with van der Waals surface area (Å²) in [5.41, 5.74) is 0.416. The van der Waals surface area contributed by atoms with Crippen molar-refractivity contribution in [2.45, 2.75) is 18.9 Å². The number of carboxylic acids is 1. The topological polar surface area (TPSA) is 101 Å². The van der Waals surface area contributed by atoms with E-state index in [0.717, 1.165) is 0 Å². The second-order valence-electron chi connectivity index (χ2n) is 4.81. The van der Waals surface area contributed by atoms with Crippen molar-refractivity contribution in [3.05, 3.63) is 35.4 Å². The third-order valence-corrected chi connectivity index (χ3v) is 5.01. The molecule has 1 heterocycles. The Bertz CT molecular complexity index is 621. The van der Waals surface area contributed by atoms with Gasteiger partial charge in [-0.2, -0.15) is 0 Å². The first-order chi connectivity index (χ1) is 9.37. The smallest absolute Gasteiger partial charge is 0.335 e. The number of benzene rings is 1. The molecule has 1 aliphatic heterocycles. The van der Waals surface area contributed by atoms with Gasteiger partial charge in [-0.1, -0.05) is 0 Å². The maximum absolute atomic E-state index is 12.0. The number of carboxylic acid groups (broad SMARTS) is 1. The summed E-state index contributed by atoms with van der Waals surface area (Å²) in [5, 5.41) is 11.4. The Morgan fingerprint density at radius 1 is 1.15 bits per heavy atom.